The summed E-state index contributed by atoms with van der Waals surface area (Å²) in [5, 5.41) is 27.3. The van der Waals surface area contributed by atoms with Crippen LogP contribution in [-0.2, 0) is 14.9 Å². The molecule has 1 aromatic rings. The summed E-state index contributed by atoms with van der Waals surface area (Å²) in [6.45, 7) is 0. The van der Waals surface area contributed by atoms with E-state index in [1.54, 1.807) is 0 Å². The summed E-state index contributed by atoms with van der Waals surface area (Å²) in [5.41, 5.74) is -6.93. The Balaban J connectivity index is 3.53. The largest absolute Gasteiger partial charge is 0.504 e. The Kier molecular flexibility index (Phi) is 5.31. The third-order valence-electron chi connectivity index (χ3n) is 2.87. The van der Waals surface area contributed by atoms with E-state index in [0.29, 0.717) is 0 Å². The molecule has 0 bridgehead atoms. The van der Waals surface area contributed by atoms with Gasteiger partial charge in [-0.1, -0.05) is 0 Å². The van der Waals surface area contributed by atoms with Gasteiger partial charge in [-0.15, -0.1) is 0 Å². The molecule has 0 unspecified atom stereocenters. The summed E-state index contributed by atoms with van der Waals surface area (Å²) in [6.07, 6.45) is -13.1. The van der Waals surface area contributed by atoms with Crippen molar-refractivity contribution in [3.63, 3.8) is 0 Å². The van der Waals surface area contributed by atoms with E-state index >= 15 is 0 Å². The molecular formula is C11H8F6O8S. The molecule has 0 saturated carbocycles. The Morgan fingerprint density at radius 2 is 1.35 bits per heavy atom. The third-order valence-corrected chi connectivity index (χ3v) is 3.65. The molecule has 148 valence electrons. The maximum atomic E-state index is 13.0. The van der Waals surface area contributed by atoms with Gasteiger partial charge < -0.3 is 20.1 Å². The van der Waals surface area contributed by atoms with E-state index in [1.807, 2.05) is 0 Å². The van der Waals surface area contributed by atoms with Crippen molar-refractivity contribution in [2.24, 2.45) is 0 Å². The Labute approximate surface area is 140 Å². The number of carbonyl (C=O) groups is 1. The summed E-state index contributed by atoms with van der Waals surface area (Å²) in [4.78, 5) is 11.7. The molecule has 0 aliphatic carbocycles. The Morgan fingerprint density at radius 3 is 1.65 bits per heavy atom. The zero-order valence-corrected chi connectivity index (χ0v) is 12.8. The first-order valence-corrected chi connectivity index (χ1v) is 7.59. The monoisotopic (exact) mass is 414 g/mol. The van der Waals surface area contributed by atoms with Gasteiger partial charge >= 0.3 is 23.9 Å². The molecule has 0 atom stereocenters. The van der Waals surface area contributed by atoms with Crippen molar-refractivity contribution in [1.82, 2.24) is 0 Å². The highest BCUT2D eigenvalue weighted by Crippen LogP contribution is 2.47. The van der Waals surface area contributed by atoms with Crippen LogP contribution in [0.2, 0.25) is 0 Å². The topological polar surface area (TPSA) is 141 Å². The highest BCUT2D eigenvalue weighted by Gasteiger charge is 2.76. The van der Waals surface area contributed by atoms with E-state index in [9.17, 15) is 39.6 Å². The second-order valence-corrected chi connectivity index (χ2v) is 6.25. The molecule has 0 fully saturated rings. The van der Waals surface area contributed by atoms with Crippen LogP contribution in [0.1, 0.15) is 10.4 Å². The predicted molar refractivity (Wildman–Crippen MR) is 68.1 cm³/mol. The molecule has 0 amide bonds. The van der Waals surface area contributed by atoms with Crippen molar-refractivity contribution in [1.29, 1.82) is 0 Å². The van der Waals surface area contributed by atoms with E-state index in [-0.39, 0.29) is 12.1 Å². The van der Waals surface area contributed by atoms with Crippen LogP contribution < -0.4 is 0 Å². The molecule has 4 N–H and O–H groups in total. The molecule has 0 heterocycles. The lowest BCUT2D eigenvalue weighted by molar-refractivity contribution is -0.356. The number of rotatable bonds is 4. The fraction of sp³-hybridized carbons (Fsp3) is 0.364. The zero-order chi connectivity index (χ0) is 20.7. The van der Waals surface area contributed by atoms with Gasteiger partial charge in [-0.05, 0) is 12.1 Å². The first kappa shape index (κ1) is 21.6. The normalized spacial score (nSPS) is 13.5. The van der Waals surface area contributed by atoms with E-state index < -0.39 is 62.6 Å². The molecule has 1 rings (SSSR count). The quantitative estimate of drug-likeness (QED) is 0.253. The number of phenols is 3. The number of esters is 1. The van der Waals surface area contributed by atoms with Crippen LogP contribution in [0.4, 0.5) is 26.3 Å². The van der Waals surface area contributed by atoms with Crippen molar-refractivity contribution >= 4 is 16.1 Å². The van der Waals surface area contributed by atoms with E-state index in [1.165, 1.54) is 0 Å². The highest BCUT2D eigenvalue weighted by atomic mass is 32.2. The molecule has 0 aliphatic heterocycles. The SMILES string of the molecule is O=C(OC(CS(=O)(=O)O)(C(F)(F)F)C(F)(F)F)c1cc(O)c(O)c(O)c1. The summed E-state index contributed by atoms with van der Waals surface area (Å²) >= 11 is 0. The van der Waals surface area contributed by atoms with Crippen LogP contribution in [0.15, 0.2) is 12.1 Å². The van der Waals surface area contributed by atoms with Crippen molar-refractivity contribution in [2.45, 2.75) is 18.0 Å². The zero-order valence-electron chi connectivity index (χ0n) is 12.0. The van der Waals surface area contributed by atoms with Crippen LogP contribution in [0.25, 0.3) is 0 Å². The van der Waals surface area contributed by atoms with Crippen LogP contribution in [0, 0.1) is 0 Å². The van der Waals surface area contributed by atoms with Gasteiger partial charge in [0, 0.05) is 0 Å². The van der Waals surface area contributed by atoms with E-state index in [2.05, 4.69) is 4.74 Å². The number of hydrogen-bond acceptors (Lipinski definition) is 7. The fourth-order valence-corrected chi connectivity index (χ4v) is 2.57. The molecule has 1 aromatic carbocycles. The lowest BCUT2D eigenvalue weighted by Crippen LogP contribution is -2.63. The number of benzene rings is 1. The number of hydrogen-bond donors (Lipinski definition) is 4. The van der Waals surface area contributed by atoms with Gasteiger partial charge in [0.25, 0.3) is 10.1 Å². The Bertz CT molecular complexity index is 776. The minimum absolute atomic E-state index is 0.155. The van der Waals surface area contributed by atoms with Gasteiger partial charge in [0.2, 0.25) is 0 Å². The molecule has 0 saturated heterocycles. The van der Waals surface area contributed by atoms with Crippen LogP contribution in [0.5, 0.6) is 17.2 Å². The maximum absolute atomic E-state index is 13.0. The van der Waals surface area contributed by atoms with Gasteiger partial charge in [-0.3, -0.25) is 4.55 Å². The van der Waals surface area contributed by atoms with Crippen molar-refractivity contribution in [3.8, 4) is 17.2 Å². The average molecular weight is 414 g/mol. The number of aromatic hydroxyl groups is 3. The van der Waals surface area contributed by atoms with E-state index in [0.717, 1.165) is 0 Å². The van der Waals surface area contributed by atoms with Gasteiger partial charge in [0.05, 0.1) is 5.56 Å². The van der Waals surface area contributed by atoms with Gasteiger partial charge in [0.15, 0.2) is 17.2 Å². The first-order chi connectivity index (χ1) is 11.4. The van der Waals surface area contributed by atoms with Crippen molar-refractivity contribution in [2.75, 3.05) is 5.75 Å². The smallest absolute Gasteiger partial charge is 0.438 e. The number of halogens is 6. The minimum Gasteiger partial charge on any atom is -0.504 e. The summed E-state index contributed by atoms with van der Waals surface area (Å²) in [6, 6.07) is 0.310. The lowest BCUT2D eigenvalue weighted by atomic mass is 10.1. The first-order valence-electron chi connectivity index (χ1n) is 5.98. The summed E-state index contributed by atoms with van der Waals surface area (Å²) in [5.74, 6) is -9.38. The van der Waals surface area contributed by atoms with Crippen LogP contribution >= 0.6 is 0 Å². The predicted octanol–water partition coefficient (Wildman–Crippen LogP) is 1.71. The number of carbonyl (C=O) groups excluding carboxylic acids is 1. The molecule has 8 nitrogen and oxygen atoms in total. The van der Waals surface area contributed by atoms with Crippen molar-refractivity contribution < 1.29 is 64.2 Å². The molecule has 0 aliphatic rings. The molecular weight excluding hydrogens is 406 g/mol. The van der Waals surface area contributed by atoms with Crippen LogP contribution in [0.3, 0.4) is 0 Å². The molecule has 0 radical (unpaired) electrons. The third kappa shape index (κ3) is 4.21. The minimum atomic E-state index is -6.53. The number of ether oxygens (including phenoxy) is 1. The number of phenolic OH excluding ortho intramolecular Hbond substituents is 3. The number of alkyl halides is 6. The van der Waals surface area contributed by atoms with Gasteiger partial charge in [0.1, 0.15) is 5.75 Å². The highest BCUT2D eigenvalue weighted by molar-refractivity contribution is 7.85. The molecule has 0 spiro atoms. The Morgan fingerprint density at radius 1 is 0.962 bits per heavy atom. The average Bonchev–Trinajstić information content (AvgIpc) is 2.39. The maximum Gasteiger partial charge on any atom is 0.438 e. The van der Waals surface area contributed by atoms with Crippen LogP contribution in [-0.4, -0.2) is 58.0 Å². The summed E-state index contributed by atoms with van der Waals surface area (Å²) in [7, 11) is -5.95. The molecule has 0 aromatic heterocycles. The molecule has 26 heavy (non-hydrogen) atoms. The standard InChI is InChI=1S/C11H8F6O8S/c12-10(13,14)9(11(15,16)17,3-26(22,23)24)25-8(21)4-1-5(18)7(20)6(19)2-4/h1-2,18-20H,3H2,(H,22,23,24). The van der Waals surface area contributed by atoms with E-state index in [4.69, 9.17) is 19.9 Å². The second-order valence-electron chi connectivity index (χ2n) is 4.80. The summed E-state index contributed by atoms with van der Waals surface area (Å²) < 4.78 is 111. The van der Waals surface area contributed by atoms with Gasteiger partial charge in [-0.25, -0.2) is 4.79 Å². The lowest BCUT2D eigenvalue weighted by Gasteiger charge is -2.35. The Hall–Kier alpha value is -2.42. The second kappa shape index (κ2) is 6.39. The molecule has 15 heteroatoms. The fourth-order valence-electron chi connectivity index (χ4n) is 1.67. The van der Waals surface area contributed by atoms with Crippen molar-refractivity contribution in [3.05, 3.63) is 17.7 Å². The van der Waals surface area contributed by atoms with Gasteiger partial charge in [-0.2, -0.15) is 34.8 Å².